The molecule has 0 atom stereocenters. The first-order valence-electron chi connectivity index (χ1n) is 11.0. The largest absolute Gasteiger partial charge is 0.347 e. The summed E-state index contributed by atoms with van der Waals surface area (Å²) in [5.41, 5.74) is 1.55. The molecular formula is C24H25N3O4S2. The molecule has 1 spiro atoms. The van der Waals surface area contributed by atoms with Crippen LogP contribution in [-0.2, 0) is 25.5 Å². The van der Waals surface area contributed by atoms with Gasteiger partial charge in [-0.2, -0.15) is 0 Å². The number of rotatable bonds is 6. The number of ether oxygens (including phenoxy) is 2. The number of carbonyl (C=O) groups excluding carboxylic acids is 2. The van der Waals surface area contributed by atoms with Gasteiger partial charge in [0.15, 0.2) is 10.1 Å². The van der Waals surface area contributed by atoms with Crippen molar-refractivity contribution in [2.75, 3.05) is 37.4 Å². The lowest BCUT2D eigenvalue weighted by molar-refractivity contribution is -0.187. The summed E-state index contributed by atoms with van der Waals surface area (Å²) >= 11 is 2.85. The number of amides is 2. The molecule has 9 heteroatoms. The lowest BCUT2D eigenvalue weighted by Gasteiger charge is -2.37. The lowest BCUT2D eigenvalue weighted by atomic mass is 10.0. The molecule has 1 aromatic heterocycles. The zero-order valence-corrected chi connectivity index (χ0v) is 19.8. The van der Waals surface area contributed by atoms with Gasteiger partial charge in [-0.05, 0) is 11.5 Å². The lowest BCUT2D eigenvalue weighted by Crippen LogP contribution is -2.47. The third kappa shape index (κ3) is 5.22. The smallest absolute Gasteiger partial charge is 0.234 e. The summed E-state index contributed by atoms with van der Waals surface area (Å²) in [7, 11) is 0. The van der Waals surface area contributed by atoms with E-state index in [2.05, 4.69) is 10.3 Å². The van der Waals surface area contributed by atoms with E-state index in [0.29, 0.717) is 39.1 Å². The van der Waals surface area contributed by atoms with Crippen LogP contribution in [0.25, 0.3) is 10.8 Å². The van der Waals surface area contributed by atoms with Gasteiger partial charge in [-0.25, -0.2) is 4.98 Å². The van der Waals surface area contributed by atoms with Crippen LogP contribution < -0.4 is 5.32 Å². The van der Waals surface area contributed by atoms with Gasteiger partial charge in [0.05, 0.1) is 31.1 Å². The Hall–Kier alpha value is -2.46. The predicted molar refractivity (Wildman–Crippen MR) is 130 cm³/mol. The number of thioether (sulfide) groups is 1. The molecule has 2 saturated heterocycles. The van der Waals surface area contributed by atoms with Crippen molar-refractivity contribution in [1.29, 1.82) is 0 Å². The van der Waals surface area contributed by atoms with Crippen LogP contribution in [0, 0.1) is 0 Å². The minimum atomic E-state index is -0.478. The number of hydrogen-bond donors (Lipinski definition) is 1. The van der Waals surface area contributed by atoms with Gasteiger partial charge in [0, 0.05) is 42.4 Å². The molecule has 2 aliphatic heterocycles. The van der Waals surface area contributed by atoms with E-state index in [1.807, 2.05) is 52.7 Å². The van der Waals surface area contributed by atoms with Crippen molar-refractivity contribution in [3.05, 3.63) is 53.5 Å². The molecule has 0 unspecified atom stereocenters. The number of benzene rings is 2. The van der Waals surface area contributed by atoms with Crippen LogP contribution in [-0.4, -0.2) is 59.5 Å². The Kier molecular flexibility index (Phi) is 6.64. The number of anilines is 1. The standard InChI is InChI=1S/C24H25N3O4S2/c28-21(26-20-7-3-5-17-4-1-2-6-19(17)20)16-33-23-25-18(15-32-23)14-22(29)27-10-8-24(9-11-27)30-12-13-31-24/h1-7,15H,8-14,16H2,(H,26,28). The maximum absolute atomic E-state index is 12.7. The zero-order chi connectivity index (χ0) is 22.7. The minimum Gasteiger partial charge on any atom is -0.347 e. The van der Waals surface area contributed by atoms with E-state index in [9.17, 15) is 9.59 Å². The summed E-state index contributed by atoms with van der Waals surface area (Å²) in [6.45, 7) is 2.54. The van der Waals surface area contributed by atoms with E-state index in [1.165, 1.54) is 23.1 Å². The highest BCUT2D eigenvalue weighted by molar-refractivity contribution is 8.01. The van der Waals surface area contributed by atoms with Gasteiger partial charge in [0.25, 0.3) is 0 Å². The number of piperidine rings is 1. The topological polar surface area (TPSA) is 80.8 Å². The van der Waals surface area contributed by atoms with Gasteiger partial charge in [-0.15, -0.1) is 11.3 Å². The summed E-state index contributed by atoms with van der Waals surface area (Å²) in [4.78, 5) is 31.6. The van der Waals surface area contributed by atoms with Gasteiger partial charge >= 0.3 is 0 Å². The van der Waals surface area contributed by atoms with Crippen LogP contribution in [0.15, 0.2) is 52.2 Å². The van der Waals surface area contributed by atoms with Crippen LogP contribution in [0.5, 0.6) is 0 Å². The van der Waals surface area contributed by atoms with E-state index >= 15 is 0 Å². The molecule has 33 heavy (non-hydrogen) atoms. The summed E-state index contributed by atoms with van der Waals surface area (Å²) in [5, 5.41) is 7.00. The molecule has 3 heterocycles. The third-order valence-electron chi connectivity index (χ3n) is 5.94. The molecule has 5 rings (SSSR count). The molecule has 2 aromatic carbocycles. The molecule has 7 nitrogen and oxygen atoms in total. The fraction of sp³-hybridized carbons (Fsp3) is 0.375. The van der Waals surface area contributed by atoms with Crippen LogP contribution >= 0.6 is 23.1 Å². The highest BCUT2D eigenvalue weighted by Crippen LogP contribution is 2.31. The molecule has 172 valence electrons. The Labute approximate surface area is 200 Å². The third-order valence-corrected chi connectivity index (χ3v) is 8.01. The van der Waals surface area contributed by atoms with Crippen molar-refractivity contribution in [2.45, 2.75) is 29.4 Å². The van der Waals surface area contributed by atoms with Crippen molar-refractivity contribution in [1.82, 2.24) is 9.88 Å². The van der Waals surface area contributed by atoms with Crippen molar-refractivity contribution in [3.63, 3.8) is 0 Å². The Morgan fingerprint density at radius 2 is 1.85 bits per heavy atom. The van der Waals surface area contributed by atoms with Crippen molar-refractivity contribution >= 4 is 51.4 Å². The van der Waals surface area contributed by atoms with Gasteiger partial charge in [-0.1, -0.05) is 48.2 Å². The average molecular weight is 484 g/mol. The van der Waals surface area contributed by atoms with E-state index in [1.54, 1.807) is 0 Å². The first-order valence-corrected chi connectivity index (χ1v) is 12.9. The molecule has 0 radical (unpaired) electrons. The maximum atomic E-state index is 12.7. The van der Waals surface area contributed by atoms with Crippen LogP contribution in [0.3, 0.4) is 0 Å². The van der Waals surface area contributed by atoms with Crippen molar-refractivity contribution in [2.24, 2.45) is 0 Å². The van der Waals surface area contributed by atoms with Gasteiger partial charge < -0.3 is 19.7 Å². The molecule has 2 fully saturated rings. The second-order valence-corrected chi connectivity index (χ2v) is 10.2. The molecule has 0 aliphatic carbocycles. The molecule has 2 amide bonds. The van der Waals surface area contributed by atoms with E-state index in [-0.39, 0.29) is 24.0 Å². The molecule has 0 saturated carbocycles. The van der Waals surface area contributed by atoms with E-state index < -0.39 is 5.79 Å². The maximum Gasteiger partial charge on any atom is 0.234 e. The second-order valence-electron chi connectivity index (χ2n) is 8.13. The number of carbonyl (C=O) groups is 2. The molecule has 2 aliphatic rings. The van der Waals surface area contributed by atoms with Crippen molar-refractivity contribution in [3.8, 4) is 0 Å². The molecule has 1 N–H and O–H groups in total. The Morgan fingerprint density at radius 3 is 2.67 bits per heavy atom. The van der Waals surface area contributed by atoms with Gasteiger partial charge in [0.2, 0.25) is 11.8 Å². The molecule has 3 aromatic rings. The number of nitrogens with zero attached hydrogens (tertiary/aromatic N) is 2. The van der Waals surface area contributed by atoms with E-state index in [4.69, 9.17) is 9.47 Å². The Morgan fingerprint density at radius 1 is 1.09 bits per heavy atom. The molecule has 0 bridgehead atoms. The van der Waals surface area contributed by atoms with Crippen LogP contribution in [0.1, 0.15) is 18.5 Å². The summed E-state index contributed by atoms with van der Waals surface area (Å²) in [6, 6.07) is 13.8. The van der Waals surface area contributed by atoms with Gasteiger partial charge in [-0.3, -0.25) is 9.59 Å². The second kappa shape index (κ2) is 9.80. The fourth-order valence-electron chi connectivity index (χ4n) is 4.23. The SMILES string of the molecule is O=C(CSc1nc(CC(=O)N2CCC3(CC2)OCCO3)cs1)Nc1cccc2ccccc12. The monoisotopic (exact) mass is 483 g/mol. The van der Waals surface area contributed by atoms with Crippen LogP contribution in [0.4, 0.5) is 5.69 Å². The average Bonchev–Trinajstić information content (AvgIpc) is 3.48. The number of thiazole rings is 1. The highest BCUT2D eigenvalue weighted by Gasteiger charge is 2.40. The number of nitrogens with one attached hydrogen (secondary N) is 1. The summed E-state index contributed by atoms with van der Waals surface area (Å²) < 4.78 is 12.2. The normalized spacial score (nSPS) is 17.5. The quantitative estimate of drug-likeness (QED) is 0.535. The minimum absolute atomic E-state index is 0.0680. The summed E-state index contributed by atoms with van der Waals surface area (Å²) in [6.07, 6.45) is 1.69. The summed E-state index contributed by atoms with van der Waals surface area (Å²) in [5.74, 6) is -0.229. The fourth-order valence-corrected chi connectivity index (χ4v) is 5.88. The zero-order valence-electron chi connectivity index (χ0n) is 18.1. The number of hydrogen-bond acceptors (Lipinski definition) is 7. The molecular weight excluding hydrogens is 458 g/mol. The first kappa shape index (κ1) is 22.3. The Balaban J connectivity index is 1.10. The van der Waals surface area contributed by atoms with Crippen molar-refractivity contribution < 1.29 is 19.1 Å². The number of likely N-dealkylation sites (tertiary alicyclic amines) is 1. The number of aromatic nitrogens is 1. The first-order chi connectivity index (χ1) is 16.1. The van der Waals surface area contributed by atoms with Crippen LogP contribution in [0.2, 0.25) is 0 Å². The van der Waals surface area contributed by atoms with E-state index in [0.717, 1.165) is 26.5 Å². The predicted octanol–water partition coefficient (Wildman–Crippen LogP) is 3.94. The van der Waals surface area contributed by atoms with Gasteiger partial charge in [0.1, 0.15) is 0 Å². The highest BCUT2D eigenvalue weighted by atomic mass is 32.2. The number of fused-ring (bicyclic) bond motifs is 1. The Bertz CT molecular complexity index is 1140.